The van der Waals surface area contributed by atoms with Crippen molar-refractivity contribution >= 4 is 10.4 Å². The van der Waals surface area contributed by atoms with Gasteiger partial charge in [0.25, 0.3) is 0 Å². The first kappa shape index (κ1) is 15.2. The highest BCUT2D eigenvalue weighted by Gasteiger charge is 2.20. The number of aliphatic hydroxyl groups is 3. The predicted molar refractivity (Wildman–Crippen MR) is 38.7 cm³/mol. The molecule has 0 saturated heterocycles. The molecule has 82 valence electrons. The van der Waals surface area contributed by atoms with Gasteiger partial charge in [-0.25, -0.2) is 0 Å². The normalized spacial score (nSPS) is 11.8. The predicted octanol–water partition coefficient (Wildman–Crippen LogP) is -3.68. The monoisotopic (exact) mass is 217 g/mol. The molecule has 5 N–H and O–H groups in total. The molecule has 13 heavy (non-hydrogen) atoms. The van der Waals surface area contributed by atoms with Gasteiger partial charge in [-0.3, -0.25) is 8.42 Å². The molecule has 0 heterocycles. The molecule has 0 atom stereocenters. The largest absolute Gasteiger partial charge is 0.759 e. The van der Waals surface area contributed by atoms with Gasteiger partial charge in [-0.15, -0.1) is 0 Å². The van der Waals surface area contributed by atoms with Crippen LogP contribution in [0.3, 0.4) is 0 Å². The molecular formula is C4H11NO7S-2. The summed E-state index contributed by atoms with van der Waals surface area (Å²) in [5, 5.41) is 25.0. The average molecular weight is 217 g/mol. The van der Waals surface area contributed by atoms with E-state index in [1.165, 1.54) is 0 Å². The second-order valence-electron chi connectivity index (χ2n) is 2.24. The zero-order valence-corrected chi connectivity index (χ0v) is 7.40. The molecule has 0 fully saturated rings. The number of nitrogens with two attached hydrogens (primary N) is 1. The molecule has 0 saturated carbocycles. The van der Waals surface area contributed by atoms with Gasteiger partial charge >= 0.3 is 0 Å². The van der Waals surface area contributed by atoms with E-state index in [-0.39, 0.29) is 0 Å². The van der Waals surface area contributed by atoms with Crippen molar-refractivity contribution in [3.63, 3.8) is 0 Å². The summed E-state index contributed by atoms with van der Waals surface area (Å²) in [5.41, 5.74) is 3.94. The van der Waals surface area contributed by atoms with Gasteiger partial charge in [0.05, 0.1) is 25.4 Å². The molecule has 0 radical (unpaired) electrons. The van der Waals surface area contributed by atoms with E-state index in [9.17, 15) is 0 Å². The fraction of sp³-hybridized carbons (Fsp3) is 1.00. The third-order valence-electron chi connectivity index (χ3n) is 0.945. The van der Waals surface area contributed by atoms with Crippen LogP contribution in [0.5, 0.6) is 0 Å². The van der Waals surface area contributed by atoms with Crippen LogP contribution in [-0.4, -0.2) is 58.2 Å². The fourth-order valence-corrected chi connectivity index (χ4v) is 0.150. The van der Waals surface area contributed by atoms with E-state index in [1.807, 2.05) is 0 Å². The number of aliphatic hydroxyl groups excluding tert-OH is 3. The van der Waals surface area contributed by atoms with Gasteiger partial charge < -0.3 is 30.2 Å². The van der Waals surface area contributed by atoms with Crippen LogP contribution in [0, 0.1) is 0 Å². The fourth-order valence-electron chi connectivity index (χ4n) is 0.150. The van der Waals surface area contributed by atoms with Crippen molar-refractivity contribution in [1.82, 2.24) is 0 Å². The van der Waals surface area contributed by atoms with Crippen LogP contribution in [0.4, 0.5) is 0 Å². The maximum atomic E-state index is 8.52. The quantitative estimate of drug-likeness (QED) is 0.277. The van der Waals surface area contributed by atoms with E-state index in [4.69, 9.17) is 38.6 Å². The minimum Gasteiger partial charge on any atom is -0.759 e. The summed E-state index contributed by atoms with van der Waals surface area (Å²) in [7, 11) is -5.17. The van der Waals surface area contributed by atoms with Gasteiger partial charge in [0.2, 0.25) is 0 Å². The Morgan fingerprint density at radius 1 is 1.08 bits per heavy atom. The lowest BCUT2D eigenvalue weighted by molar-refractivity contribution is 0.0697. The zero-order chi connectivity index (χ0) is 11.1. The second kappa shape index (κ2) is 6.21. The minimum atomic E-state index is -5.17. The third-order valence-corrected chi connectivity index (χ3v) is 0.945. The lowest BCUT2D eigenvalue weighted by atomic mass is 10.1. The Kier molecular flexibility index (Phi) is 7.26. The van der Waals surface area contributed by atoms with Gasteiger partial charge in [-0.05, 0) is 0 Å². The SMILES string of the molecule is NC(CO)(CO)CO.O=S(=O)([O-])[O-]. The standard InChI is InChI=1S/C4H11NO3.H2O4S/c5-4(1-6,2-7)3-8;1-5(2,3)4/h6-8H,1-3,5H2;(H2,1,2,3,4)/p-2. The third kappa shape index (κ3) is 14.6. The summed E-state index contributed by atoms with van der Waals surface area (Å²) in [6.45, 7) is -1.21. The first-order chi connectivity index (χ1) is 5.68. The van der Waals surface area contributed by atoms with Crippen LogP contribution < -0.4 is 5.73 Å². The summed E-state index contributed by atoms with van der Waals surface area (Å²) in [5.74, 6) is 0. The first-order valence-electron chi connectivity index (χ1n) is 2.96. The Labute approximate surface area is 75.2 Å². The Hall–Kier alpha value is -0.290. The topological polar surface area (TPSA) is 167 Å². The van der Waals surface area contributed by atoms with Crippen LogP contribution in [0.15, 0.2) is 0 Å². The van der Waals surface area contributed by atoms with Gasteiger partial charge in [0, 0.05) is 10.4 Å². The highest BCUT2D eigenvalue weighted by Crippen LogP contribution is 1.93. The summed E-state index contributed by atoms with van der Waals surface area (Å²) >= 11 is 0. The van der Waals surface area contributed by atoms with E-state index in [1.54, 1.807) is 0 Å². The van der Waals surface area contributed by atoms with E-state index in [2.05, 4.69) is 0 Å². The van der Waals surface area contributed by atoms with Gasteiger partial charge in [-0.2, -0.15) is 0 Å². The Bertz CT molecular complexity index is 192. The van der Waals surface area contributed by atoms with Crippen LogP contribution >= 0.6 is 0 Å². The number of hydrogen-bond acceptors (Lipinski definition) is 8. The maximum Gasteiger partial charge on any atom is 0.0856 e. The highest BCUT2D eigenvalue weighted by atomic mass is 32.3. The molecule has 0 aliphatic rings. The highest BCUT2D eigenvalue weighted by molar-refractivity contribution is 7.79. The average Bonchev–Trinajstić information content (AvgIpc) is 2.00. The van der Waals surface area contributed by atoms with Crippen molar-refractivity contribution in [2.45, 2.75) is 5.54 Å². The molecule has 0 bridgehead atoms. The first-order valence-corrected chi connectivity index (χ1v) is 4.30. The molecule has 0 aliphatic heterocycles. The smallest absolute Gasteiger partial charge is 0.0856 e. The van der Waals surface area contributed by atoms with Crippen molar-refractivity contribution in [1.29, 1.82) is 0 Å². The van der Waals surface area contributed by atoms with E-state index in [0.29, 0.717) is 0 Å². The molecule has 9 heteroatoms. The van der Waals surface area contributed by atoms with E-state index in [0.717, 1.165) is 0 Å². The van der Waals surface area contributed by atoms with Crippen LogP contribution in [0.1, 0.15) is 0 Å². The molecule has 0 spiro atoms. The molecule has 0 aromatic carbocycles. The molecule has 0 amide bonds. The van der Waals surface area contributed by atoms with Gasteiger partial charge in [-0.1, -0.05) is 0 Å². The van der Waals surface area contributed by atoms with Crippen LogP contribution in [0.2, 0.25) is 0 Å². The van der Waals surface area contributed by atoms with Crippen molar-refractivity contribution in [3.8, 4) is 0 Å². The van der Waals surface area contributed by atoms with Crippen molar-refractivity contribution in [3.05, 3.63) is 0 Å². The molecule has 0 rings (SSSR count). The van der Waals surface area contributed by atoms with Crippen molar-refractivity contribution < 1.29 is 32.8 Å². The molecule has 0 aromatic rings. The Morgan fingerprint density at radius 3 is 1.23 bits per heavy atom. The molecular weight excluding hydrogens is 206 g/mol. The van der Waals surface area contributed by atoms with E-state index < -0.39 is 35.8 Å². The van der Waals surface area contributed by atoms with Gasteiger partial charge in [0.15, 0.2) is 0 Å². The van der Waals surface area contributed by atoms with Gasteiger partial charge in [0.1, 0.15) is 0 Å². The summed E-state index contributed by atoms with van der Waals surface area (Å²) in [4.78, 5) is 0. The van der Waals surface area contributed by atoms with Crippen molar-refractivity contribution in [2.24, 2.45) is 5.73 Å². The summed E-state index contributed by atoms with van der Waals surface area (Å²) in [6.07, 6.45) is 0. The minimum absolute atomic E-state index is 0.403. The molecule has 0 unspecified atom stereocenters. The lowest BCUT2D eigenvalue weighted by Gasteiger charge is -2.20. The Balaban J connectivity index is 0. The number of rotatable bonds is 3. The van der Waals surface area contributed by atoms with Crippen LogP contribution in [-0.2, 0) is 10.4 Å². The second-order valence-corrected chi connectivity index (χ2v) is 3.06. The lowest BCUT2D eigenvalue weighted by Crippen LogP contribution is -2.50. The summed E-state index contributed by atoms with van der Waals surface area (Å²) < 4.78 is 34.1. The Morgan fingerprint density at radius 2 is 1.23 bits per heavy atom. The van der Waals surface area contributed by atoms with E-state index >= 15 is 0 Å². The molecule has 0 aromatic heterocycles. The maximum absolute atomic E-state index is 8.52. The number of hydrogen-bond donors (Lipinski definition) is 4. The molecule has 8 nitrogen and oxygen atoms in total. The zero-order valence-electron chi connectivity index (χ0n) is 6.58. The van der Waals surface area contributed by atoms with Crippen molar-refractivity contribution in [2.75, 3.05) is 19.8 Å². The van der Waals surface area contributed by atoms with Crippen LogP contribution in [0.25, 0.3) is 0 Å². The summed E-state index contributed by atoms with van der Waals surface area (Å²) in [6, 6.07) is 0. The molecule has 0 aliphatic carbocycles.